The van der Waals surface area contributed by atoms with Crippen LogP contribution in [0.1, 0.15) is 58.9 Å². The van der Waals surface area contributed by atoms with Crippen molar-refractivity contribution < 1.29 is 29.4 Å². The van der Waals surface area contributed by atoms with Crippen LogP contribution in [-0.4, -0.2) is 64.6 Å². The first-order chi connectivity index (χ1) is 17.3. The fraction of sp³-hybridized carbons (Fsp3) is 0.615. The van der Waals surface area contributed by atoms with Crippen molar-refractivity contribution in [3.05, 3.63) is 29.8 Å². The summed E-state index contributed by atoms with van der Waals surface area (Å²) in [7, 11) is 0. The molecule has 11 nitrogen and oxygen atoms in total. The van der Waals surface area contributed by atoms with Gasteiger partial charge in [-0.1, -0.05) is 46.2 Å². The van der Waals surface area contributed by atoms with Gasteiger partial charge < -0.3 is 37.6 Å². The number of nitrogens with two attached hydrogens (primary N) is 2. The molecule has 1 aromatic carbocycles. The van der Waals surface area contributed by atoms with Crippen LogP contribution in [0.5, 0.6) is 5.75 Å². The van der Waals surface area contributed by atoms with Crippen LogP contribution in [0.3, 0.4) is 0 Å². The number of phenols is 1. The summed E-state index contributed by atoms with van der Waals surface area (Å²) in [5.41, 5.74) is 12.1. The van der Waals surface area contributed by atoms with E-state index in [-0.39, 0.29) is 24.0 Å². The Labute approximate surface area is 218 Å². The van der Waals surface area contributed by atoms with Crippen molar-refractivity contribution in [1.82, 2.24) is 16.0 Å². The lowest BCUT2D eigenvalue weighted by molar-refractivity contribution is -0.143. The van der Waals surface area contributed by atoms with Crippen LogP contribution in [0.2, 0.25) is 0 Å². The van der Waals surface area contributed by atoms with Crippen molar-refractivity contribution >= 4 is 23.7 Å². The number of unbranched alkanes of at least 4 members (excludes halogenated alkanes) is 1. The second-order valence-electron chi connectivity index (χ2n) is 10.1. The predicted octanol–water partition coefficient (Wildman–Crippen LogP) is 0.632. The number of phenolic OH excluding ortho intramolecular Hbond substituents is 1. The van der Waals surface area contributed by atoms with Crippen LogP contribution in [0, 0.1) is 11.8 Å². The van der Waals surface area contributed by atoms with E-state index < -0.39 is 47.9 Å². The second-order valence-corrected chi connectivity index (χ2v) is 10.1. The molecular formula is C26H43N5O6. The van der Waals surface area contributed by atoms with Crippen molar-refractivity contribution in [2.75, 3.05) is 6.54 Å². The lowest BCUT2D eigenvalue weighted by Crippen LogP contribution is -2.58. The standard InChI is InChI=1S/C26H43N5O6/c1-15(2)13-20(29-23(33)19(28)7-5-6-12-27)24(34)30-21(14-17-8-10-18(32)11-9-17)25(35)31-22(16(3)4)26(36)37/h8-11,15-16,19-22,32H,5-7,12-14,27-28H2,1-4H3,(H,29,33)(H,30,34)(H,31,35)(H,36,37). The third-order valence-electron chi connectivity index (χ3n) is 5.89. The lowest BCUT2D eigenvalue weighted by Gasteiger charge is -2.27. The molecule has 1 rings (SSSR count). The number of benzene rings is 1. The monoisotopic (exact) mass is 521 g/mol. The van der Waals surface area contributed by atoms with Gasteiger partial charge in [-0.3, -0.25) is 14.4 Å². The van der Waals surface area contributed by atoms with Crippen LogP contribution in [-0.2, 0) is 25.6 Å². The summed E-state index contributed by atoms with van der Waals surface area (Å²) in [6.07, 6.45) is 2.20. The van der Waals surface area contributed by atoms with Crippen LogP contribution in [0.4, 0.5) is 0 Å². The van der Waals surface area contributed by atoms with Gasteiger partial charge in [-0.25, -0.2) is 4.79 Å². The van der Waals surface area contributed by atoms with E-state index in [0.717, 1.165) is 6.42 Å². The molecule has 11 heteroatoms. The predicted molar refractivity (Wildman–Crippen MR) is 140 cm³/mol. The van der Waals surface area contributed by atoms with E-state index in [1.54, 1.807) is 26.0 Å². The molecule has 3 amide bonds. The van der Waals surface area contributed by atoms with E-state index in [2.05, 4.69) is 16.0 Å². The summed E-state index contributed by atoms with van der Waals surface area (Å²) in [6, 6.07) is 2.10. The van der Waals surface area contributed by atoms with Crippen LogP contribution in [0.25, 0.3) is 0 Å². The van der Waals surface area contributed by atoms with E-state index in [0.29, 0.717) is 31.4 Å². The van der Waals surface area contributed by atoms with E-state index in [1.165, 1.54) is 12.1 Å². The molecule has 4 atom stereocenters. The Hall–Kier alpha value is -3.18. The van der Waals surface area contributed by atoms with Gasteiger partial charge in [-0.2, -0.15) is 0 Å². The minimum atomic E-state index is -1.19. The molecule has 0 spiro atoms. The maximum absolute atomic E-state index is 13.3. The van der Waals surface area contributed by atoms with Crippen molar-refractivity contribution in [2.24, 2.45) is 23.3 Å². The average molecular weight is 522 g/mol. The number of rotatable bonds is 16. The Morgan fingerprint density at radius 3 is 1.95 bits per heavy atom. The Morgan fingerprint density at radius 2 is 1.43 bits per heavy atom. The van der Waals surface area contributed by atoms with Gasteiger partial charge in [0.1, 0.15) is 23.9 Å². The number of carbonyl (C=O) groups excluding carboxylic acids is 3. The molecule has 9 N–H and O–H groups in total. The highest BCUT2D eigenvalue weighted by Gasteiger charge is 2.31. The largest absolute Gasteiger partial charge is 0.508 e. The molecule has 0 aromatic heterocycles. The van der Waals surface area contributed by atoms with Gasteiger partial charge in [-0.15, -0.1) is 0 Å². The second kappa shape index (κ2) is 15.8. The molecule has 0 heterocycles. The molecule has 0 aliphatic rings. The van der Waals surface area contributed by atoms with Crippen molar-refractivity contribution in [1.29, 1.82) is 0 Å². The fourth-order valence-corrected chi connectivity index (χ4v) is 3.74. The van der Waals surface area contributed by atoms with Crippen molar-refractivity contribution in [3.8, 4) is 5.75 Å². The van der Waals surface area contributed by atoms with Gasteiger partial charge in [-0.05, 0) is 55.3 Å². The smallest absolute Gasteiger partial charge is 0.326 e. The highest BCUT2D eigenvalue weighted by atomic mass is 16.4. The Balaban J connectivity index is 3.10. The number of aliphatic carboxylic acids is 1. The number of carbonyl (C=O) groups is 4. The van der Waals surface area contributed by atoms with E-state index >= 15 is 0 Å². The summed E-state index contributed by atoms with van der Waals surface area (Å²) in [4.78, 5) is 50.7. The fourth-order valence-electron chi connectivity index (χ4n) is 3.74. The molecular weight excluding hydrogens is 478 g/mol. The average Bonchev–Trinajstić information content (AvgIpc) is 2.82. The summed E-state index contributed by atoms with van der Waals surface area (Å²) >= 11 is 0. The lowest BCUT2D eigenvalue weighted by atomic mass is 9.99. The number of carboxylic acids is 1. The van der Waals surface area contributed by atoms with Gasteiger partial charge in [0.05, 0.1) is 6.04 Å². The molecule has 4 unspecified atom stereocenters. The molecule has 0 fully saturated rings. The quantitative estimate of drug-likeness (QED) is 0.154. The van der Waals surface area contributed by atoms with Crippen molar-refractivity contribution in [3.63, 3.8) is 0 Å². The molecule has 0 bridgehead atoms. The maximum Gasteiger partial charge on any atom is 0.326 e. The maximum atomic E-state index is 13.3. The normalized spacial score (nSPS) is 14.5. The Morgan fingerprint density at radius 1 is 0.865 bits per heavy atom. The molecule has 0 saturated heterocycles. The van der Waals surface area contributed by atoms with Gasteiger partial charge in [0.25, 0.3) is 0 Å². The first-order valence-electron chi connectivity index (χ1n) is 12.7. The zero-order chi connectivity index (χ0) is 28.1. The number of hydrogen-bond donors (Lipinski definition) is 7. The van der Waals surface area contributed by atoms with Gasteiger partial charge >= 0.3 is 5.97 Å². The highest BCUT2D eigenvalue weighted by molar-refractivity contribution is 5.94. The SMILES string of the molecule is CC(C)CC(NC(=O)C(N)CCCCN)C(=O)NC(Cc1ccc(O)cc1)C(=O)NC(C(=O)O)C(C)C. The number of aromatic hydroxyl groups is 1. The van der Waals surface area contributed by atoms with Crippen LogP contribution < -0.4 is 27.4 Å². The number of amides is 3. The first kappa shape index (κ1) is 31.8. The third kappa shape index (κ3) is 11.6. The summed E-state index contributed by atoms with van der Waals surface area (Å²) in [5, 5.41) is 27.0. The van der Waals surface area contributed by atoms with E-state index in [9.17, 15) is 29.4 Å². The van der Waals surface area contributed by atoms with Crippen LogP contribution in [0.15, 0.2) is 24.3 Å². The summed E-state index contributed by atoms with van der Waals surface area (Å²) < 4.78 is 0. The number of hydrogen-bond acceptors (Lipinski definition) is 7. The van der Waals surface area contributed by atoms with Crippen LogP contribution >= 0.6 is 0 Å². The summed E-state index contributed by atoms with van der Waals surface area (Å²) in [6.45, 7) is 7.62. The molecule has 1 aromatic rings. The van der Waals surface area contributed by atoms with Gasteiger partial charge in [0.15, 0.2) is 0 Å². The molecule has 0 radical (unpaired) electrons. The zero-order valence-corrected chi connectivity index (χ0v) is 22.2. The third-order valence-corrected chi connectivity index (χ3v) is 5.89. The Kier molecular flexibility index (Phi) is 13.6. The molecule has 0 aliphatic carbocycles. The molecule has 37 heavy (non-hydrogen) atoms. The van der Waals surface area contributed by atoms with Gasteiger partial charge in [0.2, 0.25) is 17.7 Å². The topological polar surface area (TPSA) is 197 Å². The first-order valence-corrected chi connectivity index (χ1v) is 12.7. The van der Waals surface area contributed by atoms with E-state index in [1.807, 2.05) is 13.8 Å². The minimum Gasteiger partial charge on any atom is -0.508 e. The molecule has 0 aliphatic heterocycles. The number of carboxylic acid groups (broad SMARTS) is 1. The summed E-state index contributed by atoms with van der Waals surface area (Å²) in [5.74, 6) is -3.20. The van der Waals surface area contributed by atoms with Crippen molar-refractivity contribution in [2.45, 2.75) is 84.0 Å². The minimum absolute atomic E-state index is 0.0436. The van der Waals surface area contributed by atoms with Gasteiger partial charge in [0, 0.05) is 6.42 Å². The van der Waals surface area contributed by atoms with E-state index in [4.69, 9.17) is 11.5 Å². The zero-order valence-electron chi connectivity index (χ0n) is 22.2. The molecule has 0 saturated carbocycles. The Bertz CT molecular complexity index is 890. The number of nitrogens with one attached hydrogen (secondary N) is 3. The molecule has 208 valence electrons. The highest BCUT2D eigenvalue weighted by Crippen LogP contribution is 2.13.